The van der Waals surface area contributed by atoms with Gasteiger partial charge in [0.1, 0.15) is 0 Å². The van der Waals surface area contributed by atoms with Crippen molar-refractivity contribution in [2.45, 2.75) is 52.4 Å². The van der Waals surface area contributed by atoms with E-state index < -0.39 is 0 Å². The predicted molar refractivity (Wildman–Crippen MR) is 81.1 cm³/mol. The lowest BCUT2D eigenvalue weighted by Gasteiger charge is -2.18. The standard InChI is InChI=1S/C17H29N/c1-4-6-10-15(14-18-3)13-17-12-8-7-11-16(17)9-5-2/h7-8,11-12,15,18H,4-6,9-10,13-14H2,1-3H3. The summed E-state index contributed by atoms with van der Waals surface area (Å²) in [5.41, 5.74) is 3.12. The Hall–Kier alpha value is -0.820. The molecule has 18 heavy (non-hydrogen) atoms. The van der Waals surface area contributed by atoms with Gasteiger partial charge in [-0.15, -0.1) is 0 Å². The highest BCUT2D eigenvalue weighted by atomic mass is 14.8. The van der Waals surface area contributed by atoms with E-state index in [1.165, 1.54) is 38.5 Å². The summed E-state index contributed by atoms with van der Waals surface area (Å²) in [5, 5.41) is 3.35. The minimum absolute atomic E-state index is 0.785. The first-order valence-corrected chi connectivity index (χ1v) is 7.53. The van der Waals surface area contributed by atoms with Gasteiger partial charge in [-0.05, 0) is 49.9 Å². The Morgan fingerprint density at radius 3 is 2.39 bits per heavy atom. The van der Waals surface area contributed by atoms with Crippen molar-refractivity contribution in [3.8, 4) is 0 Å². The molecule has 1 rings (SSSR count). The molecule has 0 saturated carbocycles. The zero-order valence-electron chi connectivity index (χ0n) is 12.3. The monoisotopic (exact) mass is 247 g/mol. The van der Waals surface area contributed by atoms with Gasteiger partial charge in [-0.2, -0.15) is 0 Å². The molecule has 1 heteroatoms. The molecule has 0 bridgehead atoms. The highest BCUT2D eigenvalue weighted by Gasteiger charge is 2.10. The van der Waals surface area contributed by atoms with Crippen LogP contribution in [0.4, 0.5) is 0 Å². The summed E-state index contributed by atoms with van der Waals surface area (Å²) in [6.45, 7) is 5.68. The maximum atomic E-state index is 3.35. The fourth-order valence-electron chi connectivity index (χ4n) is 2.64. The highest BCUT2D eigenvalue weighted by Crippen LogP contribution is 2.19. The summed E-state index contributed by atoms with van der Waals surface area (Å²) in [4.78, 5) is 0. The maximum absolute atomic E-state index is 3.35. The van der Waals surface area contributed by atoms with E-state index in [1.807, 2.05) is 0 Å². The molecule has 0 heterocycles. The Morgan fingerprint density at radius 1 is 1.06 bits per heavy atom. The average Bonchev–Trinajstić information content (AvgIpc) is 2.39. The number of nitrogens with one attached hydrogen (secondary N) is 1. The molecule has 0 radical (unpaired) electrons. The van der Waals surface area contributed by atoms with Crippen molar-refractivity contribution < 1.29 is 0 Å². The first-order chi connectivity index (χ1) is 8.81. The van der Waals surface area contributed by atoms with Gasteiger partial charge in [0.25, 0.3) is 0 Å². The molecule has 1 atom stereocenters. The molecule has 0 aliphatic rings. The lowest BCUT2D eigenvalue weighted by molar-refractivity contribution is 0.443. The van der Waals surface area contributed by atoms with Crippen LogP contribution < -0.4 is 5.32 Å². The Labute approximate surface area is 113 Å². The molecule has 1 N–H and O–H groups in total. The van der Waals surface area contributed by atoms with E-state index in [1.54, 1.807) is 11.1 Å². The number of rotatable bonds is 9. The molecular formula is C17H29N. The Bertz CT molecular complexity index is 319. The summed E-state index contributed by atoms with van der Waals surface area (Å²) in [6.07, 6.45) is 7.69. The largest absolute Gasteiger partial charge is 0.319 e. The van der Waals surface area contributed by atoms with Crippen LogP contribution in [0.1, 0.15) is 50.7 Å². The quantitative estimate of drug-likeness (QED) is 0.689. The van der Waals surface area contributed by atoms with Gasteiger partial charge in [0, 0.05) is 0 Å². The van der Waals surface area contributed by atoms with E-state index in [2.05, 4.69) is 50.5 Å². The lowest BCUT2D eigenvalue weighted by atomic mass is 9.90. The SMILES string of the molecule is CCCCC(CNC)Cc1ccccc1CCC. The van der Waals surface area contributed by atoms with Crippen LogP contribution in [0.15, 0.2) is 24.3 Å². The van der Waals surface area contributed by atoms with Crippen LogP contribution in [-0.4, -0.2) is 13.6 Å². The molecule has 102 valence electrons. The first kappa shape index (κ1) is 15.2. The molecule has 1 unspecified atom stereocenters. The van der Waals surface area contributed by atoms with Gasteiger partial charge in [-0.25, -0.2) is 0 Å². The van der Waals surface area contributed by atoms with E-state index in [0.29, 0.717) is 0 Å². The Kier molecular flexibility index (Phi) is 7.75. The van der Waals surface area contributed by atoms with Crippen LogP contribution >= 0.6 is 0 Å². The van der Waals surface area contributed by atoms with Crippen LogP contribution in [0.25, 0.3) is 0 Å². The van der Waals surface area contributed by atoms with Gasteiger partial charge >= 0.3 is 0 Å². The molecule has 0 amide bonds. The fraction of sp³-hybridized carbons (Fsp3) is 0.647. The fourth-order valence-corrected chi connectivity index (χ4v) is 2.64. The van der Waals surface area contributed by atoms with Crippen molar-refractivity contribution in [2.24, 2.45) is 5.92 Å². The minimum atomic E-state index is 0.785. The van der Waals surface area contributed by atoms with Crippen molar-refractivity contribution in [2.75, 3.05) is 13.6 Å². The van der Waals surface area contributed by atoms with Crippen molar-refractivity contribution >= 4 is 0 Å². The van der Waals surface area contributed by atoms with Crippen molar-refractivity contribution in [1.82, 2.24) is 5.32 Å². The van der Waals surface area contributed by atoms with Crippen LogP contribution in [0, 0.1) is 5.92 Å². The molecule has 0 aliphatic carbocycles. The van der Waals surface area contributed by atoms with Gasteiger partial charge in [-0.3, -0.25) is 0 Å². The van der Waals surface area contributed by atoms with Gasteiger partial charge in [0.05, 0.1) is 0 Å². The third-order valence-corrected chi connectivity index (χ3v) is 3.61. The summed E-state index contributed by atoms with van der Waals surface area (Å²) >= 11 is 0. The van der Waals surface area contributed by atoms with Crippen LogP contribution in [0.2, 0.25) is 0 Å². The van der Waals surface area contributed by atoms with Crippen molar-refractivity contribution in [3.63, 3.8) is 0 Å². The van der Waals surface area contributed by atoms with E-state index in [4.69, 9.17) is 0 Å². The molecule has 0 aromatic heterocycles. The lowest BCUT2D eigenvalue weighted by Crippen LogP contribution is -2.21. The van der Waals surface area contributed by atoms with Crippen LogP contribution in [0.3, 0.4) is 0 Å². The molecule has 0 aliphatic heterocycles. The first-order valence-electron chi connectivity index (χ1n) is 7.53. The maximum Gasteiger partial charge on any atom is -0.00203 e. The number of unbranched alkanes of at least 4 members (excludes halogenated alkanes) is 1. The zero-order valence-corrected chi connectivity index (χ0v) is 12.3. The Balaban J connectivity index is 2.66. The second-order valence-electron chi connectivity index (χ2n) is 5.29. The average molecular weight is 247 g/mol. The summed E-state index contributed by atoms with van der Waals surface area (Å²) in [5.74, 6) is 0.785. The zero-order chi connectivity index (χ0) is 13.2. The number of hydrogen-bond acceptors (Lipinski definition) is 1. The number of hydrogen-bond donors (Lipinski definition) is 1. The smallest absolute Gasteiger partial charge is 0.00203 e. The van der Waals surface area contributed by atoms with Gasteiger partial charge < -0.3 is 5.32 Å². The topological polar surface area (TPSA) is 12.0 Å². The molecule has 0 spiro atoms. The van der Waals surface area contributed by atoms with E-state index in [9.17, 15) is 0 Å². The second-order valence-corrected chi connectivity index (χ2v) is 5.29. The molecular weight excluding hydrogens is 218 g/mol. The second kappa shape index (κ2) is 9.16. The summed E-state index contributed by atoms with van der Waals surface area (Å²) in [7, 11) is 2.07. The van der Waals surface area contributed by atoms with E-state index >= 15 is 0 Å². The molecule has 0 fully saturated rings. The highest BCUT2D eigenvalue weighted by molar-refractivity contribution is 5.27. The summed E-state index contributed by atoms with van der Waals surface area (Å²) in [6, 6.07) is 8.98. The predicted octanol–water partition coefficient (Wildman–Crippen LogP) is 4.21. The minimum Gasteiger partial charge on any atom is -0.319 e. The normalized spacial score (nSPS) is 12.6. The van der Waals surface area contributed by atoms with Crippen molar-refractivity contribution in [3.05, 3.63) is 35.4 Å². The van der Waals surface area contributed by atoms with Crippen LogP contribution in [0.5, 0.6) is 0 Å². The number of benzene rings is 1. The van der Waals surface area contributed by atoms with E-state index in [-0.39, 0.29) is 0 Å². The van der Waals surface area contributed by atoms with Crippen molar-refractivity contribution in [1.29, 1.82) is 0 Å². The van der Waals surface area contributed by atoms with Gasteiger partial charge in [-0.1, -0.05) is 57.4 Å². The van der Waals surface area contributed by atoms with Gasteiger partial charge in [0.2, 0.25) is 0 Å². The van der Waals surface area contributed by atoms with Crippen LogP contribution in [-0.2, 0) is 12.8 Å². The third-order valence-electron chi connectivity index (χ3n) is 3.61. The molecule has 1 aromatic rings. The van der Waals surface area contributed by atoms with E-state index in [0.717, 1.165) is 12.5 Å². The molecule has 1 nitrogen and oxygen atoms in total. The summed E-state index contributed by atoms with van der Waals surface area (Å²) < 4.78 is 0. The third kappa shape index (κ3) is 5.22. The molecule has 1 aromatic carbocycles. The molecule has 0 saturated heterocycles. The Morgan fingerprint density at radius 2 is 1.78 bits per heavy atom. The van der Waals surface area contributed by atoms with Gasteiger partial charge in [0.15, 0.2) is 0 Å². The number of aryl methyl sites for hydroxylation is 1.